The average molecular weight is 298 g/mol. The number of nitrogens with zero attached hydrogens (tertiary/aromatic N) is 4. The first-order chi connectivity index (χ1) is 10.6. The van der Waals surface area contributed by atoms with Gasteiger partial charge in [0.25, 0.3) is 0 Å². The molecule has 1 aliphatic rings. The smallest absolute Gasteiger partial charge is 0.219 e. The van der Waals surface area contributed by atoms with Crippen LogP contribution < -0.4 is 0 Å². The van der Waals surface area contributed by atoms with Crippen LogP contribution in [0.3, 0.4) is 0 Å². The van der Waals surface area contributed by atoms with Crippen molar-refractivity contribution in [1.29, 1.82) is 0 Å². The molecule has 1 aliphatic heterocycles. The minimum atomic E-state index is 0.182. The van der Waals surface area contributed by atoms with Gasteiger partial charge in [-0.1, -0.05) is 0 Å². The van der Waals surface area contributed by atoms with Crippen molar-refractivity contribution >= 4 is 5.91 Å². The van der Waals surface area contributed by atoms with E-state index in [4.69, 9.17) is 0 Å². The van der Waals surface area contributed by atoms with Crippen LogP contribution in [0.4, 0.5) is 0 Å². The molecule has 3 heterocycles. The SMILES string of the molecule is CC(=O)N1CCCC(Cn2c(C)cnc2-c2ccncc2)C1. The molecule has 2 aromatic heterocycles. The lowest BCUT2D eigenvalue weighted by molar-refractivity contribution is -0.130. The number of carbonyl (C=O) groups excluding carboxylic acids is 1. The molecule has 0 saturated carbocycles. The first-order valence-corrected chi connectivity index (χ1v) is 7.83. The summed E-state index contributed by atoms with van der Waals surface area (Å²) >= 11 is 0. The van der Waals surface area contributed by atoms with Gasteiger partial charge in [-0.15, -0.1) is 0 Å². The molecule has 116 valence electrons. The number of aryl methyl sites for hydroxylation is 1. The maximum Gasteiger partial charge on any atom is 0.219 e. The summed E-state index contributed by atoms with van der Waals surface area (Å²) in [4.78, 5) is 22.2. The van der Waals surface area contributed by atoms with E-state index in [1.165, 1.54) is 0 Å². The van der Waals surface area contributed by atoms with Crippen molar-refractivity contribution in [3.63, 3.8) is 0 Å². The summed E-state index contributed by atoms with van der Waals surface area (Å²) in [5.74, 6) is 1.66. The largest absolute Gasteiger partial charge is 0.343 e. The van der Waals surface area contributed by atoms with Crippen molar-refractivity contribution in [3.8, 4) is 11.4 Å². The lowest BCUT2D eigenvalue weighted by atomic mass is 9.97. The van der Waals surface area contributed by atoms with Crippen LogP contribution in [0.25, 0.3) is 11.4 Å². The van der Waals surface area contributed by atoms with Gasteiger partial charge in [-0.05, 0) is 37.8 Å². The second-order valence-corrected chi connectivity index (χ2v) is 6.04. The number of hydrogen-bond donors (Lipinski definition) is 0. The Morgan fingerprint density at radius 2 is 2.14 bits per heavy atom. The normalized spacial score (nSPS) is 18.5. The summed E-state index contributed by atoms with van der Waals surface area (Å²) in [6.07, 6.45) is 7.75. The molecule has 0 aliphatic carbocycles. The summed E-state index contributed by atoms with van der Waals surface area (Å²) in [5, 5.41) is 0. The van der Waals surface area contributed by atoms with E-state index in [0.717, 1.165) is 49.6 Å². The number of likely N-dealkylation sites (tertiary alicyclic amines) is 1. The Morgan fingerprint density at radius 3 is 2.86 bits per heavy atom. The monoisotopic (exact) mass is 298 g/mol. The lowest BCUT2D eigenvalue weighted by Gasteiger charge is -2.32. The Bertz CT molecular complexity index is 650. The molecule has 2 aromatic rings. The zero-order valence-corrected chi connectivity index (χ0v) is 13.2. The van der Waals surface area contributed by atoms with Crippen molar-refractivity contribution in [3.05, 3.63) is 36.4 Å². The highest BCUT2D eigenvalue weighted by Gasteiger charge is 2.23. The molecule has 0 bridgehead atoms. The van der Waals surface area contributed by atoms with Crippen molar-refractivity contribution in [2.24, 2.45) is 5.92 Å². The predicted molar refractivity (Wildman–Crippen MR) is 85.2 cm³/mol. The van der Waals surface area contributed by atoms with Gasteiger partial charge in [0.1, 0.15) is 5.82 Å². The third kappa shape index (κ3) is 3.03. The molecule has 3 rings (SSSR count). The van der Waals surface area contributed by atoms with Crippen molar-refractivity contribution in [1.82, 2.24) is 19.4 Å². The van der Waals surface area contributed by atoms with E-state index in [2.05, 4.69) is 21.5 Å². The first kappa shape index (κ1) is 14.8. The topological polar surface area (TPSA) is 51.0 Å². The molecule has 1 amide bonds. The lowest BCUT2D eigenvalue weighted by Crippen LogP contribution is -2.40. The number of piperidine rings is 1. The van der Waals surface area contributed by atoms with Crippen LogP contribution >= 0.6 is 0 Å². The van der Waals surface area contributed by atoms with E-state index < -0.39 is 0 Å². The highest BCUT2D eigenvalue weighted by molar-refractivity contribution is 5.73. The van der Waals surface area contributed by atoms with Gasteiger partial charge in [0.2, 0.25) is 5.91 Å². The molecule has 1 fully saturated rings. The molecule has 0 aromatic carbocycles. The predicted octanol–water partition coefficient (Wildman–Crippen LogP) is 2.51. The third-order valence-corrected chi connectivity index (χ3v) is 4.40. The Kier molecular flexibility index (Phi) is 4.22. The molecule has 1 atom stereocenters. The van der Waals surface area contributed by atoms with E-state index in [-0.39, 0.29) is 5.91 Å². The van der Waals surface area contributed by atoms with E-state index >= 15 is 0 Å². The fraction of sp³-hybridized carbons (Fsp3) is 0.471. The Hall–Kier alpha value is -2.17. The minimum absolute atomic E-state index is 0.182. The number of imidazole rings is 1. The summed E-state index contributed by atoms with van der Waals surface area (Å²) in [6, 6.07) is 3.97. The Balaban J connectivity index is 1.81. The van der Waals surface area contributed by atoms with Crippen LogP contribution in [0.2, 0.25) is 0 Å². The fourth-order valence-corrected chi connectivity index (χ4v) is 3.18. The molecule has 5 nitrogen and oxygen atoms in total. The van der Waals surface area contributed by atoms with Crippen LogP contribution in [0, 0.1) is 12.8 Å². The second kappa shape index (κ2) is 6.30. The molecular weight excluding hydrogens is 276 g/mol. The Morgan fingerprint density at radius 1 is 1.36 bits per heavy atom. The quantitative estimate of drug-likeness (QED) is 0.875. The zero-order valence-electron chi connectivity index (χ0n) is 13.2. The average Bonchev–Trinajstić information content (AvgIpc) is 2.89. The molecular formula is C17H22N4O. The molecule has 22 heavy (non-hydrogen) atoms. The molecule has 0 N–H and O–H groups in total. The summed E-state index contributed by atoms with van der Waals surface area (Å²) in [7, 11) is 0. The minimum Gasteiger partial charge on any atom is -0.343 e. The Labute approximate surface area is 131 Å². The van der Waals surface area contributed by atoms with Gasteiger partial charge in [-0.25, -0.2) is 4.98 Å². The van der Waals surface area contributed by atoms with Gasteiger partial charge in [0.05, 0.1) is 0 Å². The van der Waals surface area contributed by atoms with Gasteiger partial charge in [0.15, 0.2) is 0 Å². The molecule has 0 spiro atoms. The fourth-order valence-electron chi connectivity index (χ4n) is 3.18. The van der Waals surface area contributed by atoms with E-state index in [1.807, 2.05) is 23.2 Å². The van der Waals surface area contributed by atoms with Crippen LogP contribution in [-0.4, -0.2) is 38.4 Å². The maximum absolute atomic E-state index is 11.6. The highest BCUT2D eigenvalue weighted by atomic mass is 16.2. The number of carbonyl (C=O) groups is 1. The van der Waals surface area contributed by atoms with E-state index in [9.17, 15) is 4.79 Å². The van der Waals surface area contributed by atoms with E-state index in [1.54, 1.807) is 19.3 Å². The van der Waals surface area contributed by atoms with Gasteiger partial charge in [-0.2, -0.15) is 0 Å². The number of aromatic nitrogens is 3. The second-order valence-electron chi connectivity index (χ2n) is 6.04. The summed E-state index contributed by atoms with van der Waals surface area (Å²) in [5.41, 5.74) is 2.24. The number of rotatable bonds is 3. The highest BCUT2D eigenvalue weighted by Crippen LogP contribution is 2.24. The summed E-state index contributed by atoms with van der Waals surface area (Å²) in [6.45, 7) is 6.40. The molecule has 1 unspecified atom stereocenters. The third-order valence-electron chi connectivity index (χ3n) is 4.40. The number of pyridine rings is 1. The maximum atomic E-state index is 11.6. The van der Waals surface area contributed by atoms with Crippen molar-refractivity contribution in [2.75, 3.05) is 13.1 Å². The van der Waals surface area contributed by atoms with Crippen LogP contribution in [-0.2, 0) is 11.3 Å². The summed E-state index contributed by atoms with van der Waals surface area (Å²) < 4.78 is 2.27. The van der Waals surface area contributed by atoms with Crippen LogP contribution in [0.1, 0.15) is 25.5 Å². The molecule has 0 radical (unpaired) electrons. The van der Waals surface area contributed by atoms with Crippen LogP contribution in [0.15, 0.2) is 30.7 Å². The molecule has 1 saturated heterocycles. The number of amides is 1. The van der Waals surface area contributed by atoms with Crippen molar-refractivity contribution < 1.29 is 4.79 Å². The standard InChI is InChI=1S/C17H22N4O/c1-13-10-19-17(16-5-7-18-8-6-16)21(13)12-15-4-3-9-20(11-15)14(2)22/h5-8,10,15H,3-4,9,11-12H2,1-2H3. The van der Waals surface area contributed by atoms with Gasteiger partial charge in [-0.3, -0.25) is 9.78 Å². The van der Waals surface area contributed by atoms with Gasteiger partial charge < -0.3 is 9.47 Å². The van der Waals surface area contributed by atoms with Gasteiger partial charge >= 0.3 is 0 Å². The zero-order chi connectivity index (χ0) is 15.5. The first-order valence-electron chi connectivity index (χ1n) is 7.83. The van der Waals surface area contributed by atoms with Crippen molar-refractivity contribution in [2.45, 2.75) is 33.2 Å². The van der Waals surface area contributed by atoms with Crippen LogP contribution in [0.5, 0.6) is 0 Å². The van der Waals surface area contributed by atoms with Gasteiger partial charge in [0, 0.05) is 56.4 Å². The van der Waals surface area contributed by atoms with E-state index in [0.29, 0.717) is 5.92 Å². The number of hydrogen-bond acceptors (Lipinski definition) is 3. The molecule has 5 heteroatoms.